The molecule has 0 unspecified atom stereocenters. The van der Waals surface area contributed by atoms with Crippen molar-refractivity contribution in [3.63, 3.8) is 0 Å². The second-order valence-corrected chi connectivity index (χ2v) is 1.02. The largest absolute Gasteiger partial charge is 0.344 e. The van der Waals surface area contributed by atoms with Crippen molar-refractivity contribution in [1.82, 2.24) is 11.1 Å². The number of nitrogens with zero attached hydrogens (tertiary/aromatic N) is 1. The summed E-state index contributed by atoms with van der Waals surface area (Å²) in [7, 11) is 0. The molecule has 0 aromatic carbocycles. The summed E-state index contributed by atoms with van der Waals surface area (Å²) in [5.74, 6) is 0. The molecule has 0 saturated carbocycles. The fraction of sp³-hybridized carbons (Fsp3) is 0.167. The molecule has 1 aromatic rings. The topological polar surface area (TPSA) is 47.9 Å². The van der Waals surface area contributed by atoms with Crippen LogP contribution in [0.1, 0.15) is 7.43 Å². The normalized spacial score (nSPS) is 6.00. The SMILES string of the molecule is C.N.c1ccncc1. The monoisotopic (exact) mass is 112 g/mol. The summed E-state index contributed by atoms with van der Waals surface area (Å²) in [5.41, 5.74) is 0. The van der Waals surface area contributed by atoms with Gasteiger partial charge >= 0.3 is 0 Å². The van der Waals surface area contributed by atoms with Crippen LogP contribution in [-0.2, 0) is 0 Å². The maximum Gasteiger partial charge on any atom is 0.0267 e. The number of rotatable bonds is 0. The van der Waals surface area contributed by atoms with Crippen molar-refractivity contribution in [2.75, 3.05) is 0 Å². The molecule has 3 N–H and O–H groups in total. The Kier molecular flexibility index (Phi) is 7.76. The highest BCUT2D eigenvalue weighted by Crippen LogP contribution is 1.73. The van der Waals surface area contributed by atoms with Crippen LogP contribution in [0.3, 0.4) is 0 Å². The lowest BCUT2D eigenvalue weighted by Crippen LogP contribution is -1.58. The number of hydrogen-bond donors (Lipinski definition) is 1. The third-order valence-corrected chi connectivity index (χ3v) is 0.566. The zero-order chi connectivity index (χ0) is 4.24. The van der Waals surface area contributed by atoms with E-state index in [1.807, 2.05) is 18.2 Å². The van der Waals surface area contributed by atoms with Gasteiger partial charge in [-0.2, -0.15) is 0 Å². The van der Waals surface area contributed by atoms with Gasteiger partial charge in [-0.15, -0.1) is 0 Å². The molecule has 46 valence electrons. The Labute approximate surface area is 50.2 Å². The summed E-state index contributed by atoms with van der Waals surface area (Å²) in [4.78, 5) is 3.78. The average Bonchev–Trinajstić information content (AvgIpc) is 1.72. The van der Waals surface area contributed by atoms with E-state index in [9.17, 15) is 0 Å². The molecule has 1 heterocycles. The third kappa shape index (κ3) is 3.31. The summed E-state index contributed by atoms with van der Waals surface area (Å²) in [6.07, 6.45) is 3.50. The first kappa shape index (κ1) is 10.2. The molecule has 0 bridgehead atoms. The van der Waals surface area contributed by atoms with E-state index < -0.39 is 0 Å². The standard InChI is InChI=1S/C5H5N.CH4.H3N/c1-2-4-6-5-3-1;;/h1-5H;1H4;1H3. The van der Waals surface area contributed by atoms with Gasteiger partial charge in [-0.3, -0.25) is 4.98 Å². The van der Waals surface area contributed by atoms with Crippen LogP contribution in [0.15, 0.2) is 30.6 Å². The zero-order valence-corrected chi connectivity index (χ0v) is 4.04. The Morgan fingerprint density at radius 1 is 0.875 bits per heavy atom. The summed E-state index contributed by atoms with van der Waals surface area (Å²) >= 11 is 0. The van der Waals surface area contributed by atoms with Crippen LogP contribution in [0, 0.1) is 0 Å². The van der Waals surface area contributed by atoms with E-state index in [1.54, 1.807) is 12.4 Å². The summed E-state index contributed by atoms with van der Waals surface area (Å²) in [6, 6.07) is 5.72. The fourth-order valence-corrected chi connectivity index (χ4v) is 0.313. The van der Waals surface area contributed by atoms with E-state index >= 15 is 0 Å². The van der Waals surface area contributed by atoms with Crippen LogP contribution in [0.4, 0.5) is 0 Å². The van der Waals surface area contributed by atoms with Gasteiger partial charge < -0.3 is 6.15 Å². The van der Waals surface area contributed by atoms with Crippen molar-refractivity contribution < 1.29 is 0 Å². The van der Waals surface area contributed by atoms with Crippen molar-refractivity contribution in [3.05, 3.63) is 30.6 Å². The molecule has 1 rings (SSSR count). The molecule has 2 nitrogen and oxygen atoms in total. The van der Waals surface area contributed by atoms with E-state index in [-0.39, 0.29) is 13.6 Å². The van der Waals surface area contributed by atoms with Crippen LogP contribution < -0.4 is 6.15 Å². The third-order valence-electron chi connectivity index (χ3n) is 0.566. The minimum absolute atomic E-state index is 0. The number of hydrogen-bond acceptors (Lipinski definition) is 2. The van der Waals surface area contributed by atoms with Gasteiger partial charge in [0, 0.05) is 12.4 Å². The Balaban J connectivity index is 0. The smallest absolute Gasteiger partial charge is 0.0267 e. The molecule has 0 aliphatic heterocycles. The van der Waals surface area contributed by atoms with Crippen LogP contribution in [0.5, 0.6) is 0 Å². The number of pyridine rings is 1. The highest BCUT2D eigenvalue weighted by molar-refractivity contribution is 4.88. The molecule has 0 fully saturated rings. The second-order valence-electron chi connectivity index (χ2n) is 1.02. The van der Waals surface area contributed by atoms with Crippen molar-refractivity contribution in [2.45, 2.75) is 7.43 Å². The molecule has 2 heteroatoms. The van der Waals surface area contributed by atoms with Crippen LogP contribution >= 0.6 is 0 Å². The number of aromatic nitrogens is 1. The van der Waals surface area contributed by atoms with Crippen LogP contribution in [0.25, 0.3) is 0 Å². The van der Waals surface area contributed by atoms with E-state index in [4.69, 9.17) is 0 Å². The Morgan fingerprint density at radius 3 is 1.50 bits per heavy atom. The second kappa shape index (κ2) is 6.11. The van der Waals surface area contributed by atoms with Gasteiger partial charge in [-0.1, -0.05) is 13.5 Å². The molecular formula is C6H12N2. The maximum atomic E-state index is 3.78. The highest BCUT2D eigenvalue weighted by Gasteiger charge is 1.58. The quantitative estimate of drug-likeness (QED) is 0.557. The highest BCUT2D eigenvalue weighted by atomic mass is 14.6. The van der Waals surface area contributed by atoms with Crippen molar-refractivity contribution in [2.24, 2.45) is 0 Å². The predicted octanol–water partition coefficient (Wildman–Crippen LogP) is 1.88. The van der Waals surface area contributed by atoms with E-state index in [0.29, 0.717) is 0 Å². The van der Waals surface area contributed by atoms with Crippen LogP contribution in [0.2, 0.25) is 0 Å². The van der Waals surface area contributed by atoms with Gasteiger partial charge in [0.15, 0.2) is 0 Å². The zero-order valence-electron chi connectivity index (χ0n) is 4.04. The lowest BCUT2D eigenvalue weighted by Gasteiger charge is -1.70. The summed E-state index contributed by atoms with van der Waals surface area (Å²) < 4.78 is 0. The summed E-state index contributed by atoms with van der Waals surface area (Å²) in [5, 5.41) is 0. The molecule has 8 heavy (non-hydrogen) atoms. The Hall–Kier alpha value is -0.890. The van der Waals surface area contributed by atoms with Gasteiger partial charge in [0.1, 0.15) is 0 Å². The van der Waals surface area contributed by atoms with Crippen molar-refractivity contribution in [1.29, 1.82) is 0 Å². The lowest BCUT2D eigenvalue weighted by molar-refractivity contribution is 1.33. The molecule has 0 aliphatic rings. The van der Waals surface area contributed by atoms with E-state index in [2.05, 4.69) is 4.98 Å². The molecular weight excluding hydrogens is 100 g/mol. The van der Waals surface area contributed by atoms with Crippen LogP contribution in [-0.4, -0.2) is 4.98 Å². The van der Waals surface area contributed by atoms with Crippen molar-refractivity contribution in [3.8, 4) is 0 Å². The van der Waals surface area contributed by atoms with Crippen molar-refractivity contribution >= 4 is 0 Å². The Morgan fingerprint density at radius 2 is 1.38 bits per heavy atom. The first-order valence-electron chi connectivity index (χ1n) is 1.85. The maximum absolute atomic E-state index is 3.78. The summed E-state index contributed by atoms with van der Waals surface area (Å²) in [6.45, 7) is 0. The van der Waals surface area contributed by atoms with E-state index in [0.717, 1.165) is 0 Å². The first-order chi connectivity index (χ1) is 3.00. The van der Waals surface area contributed by atoms with E-state index in [1.165, 1.54) is 0 Å². The molecule has 0 saturated heterocycles. The lowest BCUT2D eigenvalue weighted by atomic mass is 10.5. The average molecular weight is 112 g/mol. The van der Waals surface area contributed by atoms with Gasteiger partial charge in [0.25, 0.3) is 0 Å². The molecule has 0 spiro atoms. The molecule has 1 aromatic heterocycles. The minimum Gasteiger partial charge on any atom is -0.344 e. The van der Waals surface area contributed by atoms with Gasteiger partial charge in [-0.25, -0.2) is 0 Å². The molecule has 0 amide bonds. The Bertz CT molecular complexity index is 78.5. The first-order valence-corrected chi connectivity index (χ1v) is 1.85. The fourth-order valence-electron chi connectivity index (χ4n) is 0.313. The van der Waals surface area contributed by atoms with Gasteiger partial charge in [-0.05, 0) is 12.1 Å². The molecule has 0 radical (unpaired) electrons. The van der Waals surface area contributed by atoms with Gasteiger partial charge in [0.05, 0.1) is 0 Å². The van der Waals surface area contributed by atoms with Gasteiger partial charge in [0.2, 0.25) is 0 Å². The minimum atomic E-state index is 0. The predicted molar refractivity (Wildman–Crippen MR) is 36.0 cm³/mol. The molecule has 0 atom stereocenters. The molecule has 0 aliphatic carbocycles.